The number of rotatable bonds is 6. The standard InChI is InChI=1S/C11H19ClF3N/c12-7-9-16(10-4-1-2-5-10)8-3-6-11(13,14)15/h10H,1-9H2. The van der Waals surface area contributed by atoms with Crippen LogP contribution >= 0.6 is 11.6 Å². The van der Waals surface area contributed by atoms with E-state index in [-0.39, 0.29) is 6.42 Å². The van der Waals surface area contributed by atoms with Crippen LogP contribution in [0.2, 0.25) is 0 Å². The maximum Gasteiger partial charge on any atom is 0.389 e. The lowest BCUT2D eigenvalue weighted by atomic mass is 10.2. The zero-order valence-electron chi connectivity index (χ0n) is 9.40. The van der Waals surface area contributed by atoms with Crippen molar-refractivity contribution in [3.8, 4) is 0 Å². The maximum absolute atomic E-state index is 12.0. The van der Waals surface area contributed by atoms with Gasteiger partial charge in [-0.25, -0.2) is 0 Å². The van der Waals surface area contributed by atoms with Crippen LogP contribution in [-0.2, 0) is 0 Å². The van der Waals surface area contributed by atoms with Gasteiger partial charge >= 0.3 is 6.18 Å². The van der Waals surface area contributed by atoms with Gasteiger partial charge in [0.05, 0.1) is 0 Å². The van der Waals surface area contributed by atoms with Crippen LogP contribution in [0.5, 0.6) is 0 Å². The van der Waals surface area contributed by atoms with E-state index in [9.17, 15) is 13.2 Å². The van der Waals surface area contributed by atoms with E-state index >= 15 is 0 Å². The molecule has 0 radical (unpaired) electrons. The van der Waals surface area contributed by atoms with E-state index in [0.29, 0.717) is 25.0 Å². The van der Waals surface area contributed by atoms with Crippen LogP contribution in [0.15, 0.2) is 0 Å². The molecule has 0 atom stereocenters. The smallest absolute Gasteiger partial charge is 0.299 e. The highest BCUT2D eigenvalue weighted by Gasteiger charge is 2.28. The predicted octanol–water partition coefficient (Wildman–Crippen LogP) is 3.81. The topological polar surface area (TPSA) is 3.24 Å². The first-order chi connectivity index (χ1) is 7.53. The molecule has 0 bridgehead atoms. The van der Waals surface area contributed by atoms with Gasteiger partial charge in [-0.15, -0.1) is 11.6 Å². The van der Waals surface area contributed by atoms with E-state index < -0.39 is 12.6 Å². The third kappa shape index (κ3) is 5.39. The number of nitrogens with zero attached hydrogens (tertiary/aromatic N) is 1. The summed E-state index contributed by atoms with van der Waals surface area (Å²) in [5, 5.41) is 0. The Morgan fingerprint density at radius 2 is 1.75 bits per heavy atom. The average molecular weight is 258 g/mol. The molecule has 96 valence electrons. The first-order valence-corrected chi connectivity index (χ1v) is 6.43. The summed E-state index contributed by atoms with van der Waals surface area (Å²) in [6, 6.07) is 0.465. The molecule has 1 aliphatic carbocycles. The van der Waals surface area contributed by atoms with Crippen LogP contribution < -0.4 is 0 Å². The van der Waals surface area contributed by atoms with Crippen molar-refractivity contribution in [3.05, 3.63) is 0 Å². The Labute approximate surface area is 99.9 Å². The number of alkyl halides is 4. The van der Waals surface area contributed by atoms with Gasteiger partial charge in [-0.1, -0.05) is 12.8 Å². The van der Waals surface area contributed by atoms with Gasteiger partial charge in [0, 0.05) is 24.9 Å². The lowest BCUT2D eigenvalue weighted by molar-refractivity contribution is -0.136. The molecule has 16 heavy (non-hydrogen) atoms. The van der Waals surface area contributed by atoms with Gasteiger partial charge in [0.2, 0.25) is 0 Å². The molecule has 1 saturated carbocycles. The molecule has 0 spiro atoms. The summed E-state index contributed by atoms with van der Waals surface area (Å²) in [7, 11) is 0. The van der Waals surface area contributed by atoms with Crippen LogP contribution in [0.1, 0.15) is 38.5 Å². The number of halogens is 4. The molecule has 0 saturated heterocycles. The molecular weight excluding hydrogens is 239 g/mol. The van der Waals surface area contributed by atoms with Crippen molar-refractivity contribution in [1.29, 1.82) is 0 Å². The van der Waals surface area contributed by atoms with Gasteiger partial charge in [0.1, 0.15) is 0 Å². The Morgan fingerprint density at radius 3 is 2.25 bits per heavy atom. The highest BCUT2D eigenvalue weighted by atomic mass is 35.5. The molecule has 1 fully saturated rings. The third-order valence-electron chi connectivity index (χ3n) is 3.12. The van der Waals surface area contributed by atoms with Crippen molar-refractivity contribution in [2.24, 2.45) is 0 Å². The van der Waals surface area contributed by atoms with Gasteiger partial charge < -0.3 is 0 Å². The first-order valence-electron chi connectivity index (χ1n) is 5.89. The molecule has 0 N–H and O–H groups in total. The van der Waals surface area contributed by atoms with Gasteiger partial charge in [-0.05, 0) is 25.8 Å². The summed E-state index contributed by atoms with van der Waals surface area (Å²) in [5.74, 6) is 0.502. The van der Waals surface area contributed by atoms with E-state index in [4.69, 9.17) is 11.6 Å². The lowest BCUT2D eigenvalue weighted by Crippen LogP contribution is -2.36. The molecular formula is C11H19ClF3N. The second kappa shape index (κ2) is 6.70. The zero-order chi connectivity index (χ0) is 12.0. The first kappa shape index (κ1) is 14.1. The Kier molecular flexibility index (Phi) is 5.90. The Bertz CT molecular complexity index is 190. The van der Waals surface area contributed by atoms with Crippen LogP contribution in [0.4, 0.5) is 13.2 Å². The quantitative estimate of drug-likeness (QED) is 0.654. The van der Waals surface area contributed by atoms with Crippen LogP contribution in [0.3, 0.4) is 0 Å². The van der Waals surface area contributed by atoms with Crippen molar-refractivity contribution in [3.63, 3.8) is 0 Å². The fraction of sp³-hybridized carbons (Fsp3) is 1.00. The van der Waals surface area contributed by atoms with Gasteiger partial charge in [-0.3, -0.25) is 4.90 Å². The van der Waals surface area contributed by atoms with Crippen molar-refractivity contribution < 1.29 is 13.2 Å². The van der Waals surface area contributed by atoms with Crippen molar-refractivity contribution in [2.45, 2.75) is 50.7 Å². The minimum Gasteiger partial charge on any atom is -0.299 e. The highest BCUT2D eigenvalue weighted by molar-refractivity contribution is 6.18. The number of hydrogen-bond donors (Lipinski definition) is 0. The van der Waals surface area contributed by atoms with Gasteiger partial charge in [0.15, 0.2) is 0 Å². The molecule has 0 aromatic heterocycles. The van der Waals surface area contributed by atoms with E-state index in [1.54, 1.807) is 0 Å². The second-order valence-electron chi connectivity index (χ2n) is 4.38. The van der Waals surface area contributed by atoms with E-state index in [1.807, 2.05) is 0 Å². The molecule has 0 aliphatic heterocycles. The number of hydrogen-bond acceptors (Lipinski definition) is 1. The minimum atomic E-state index is -4.03. The molecule has 1 rings (SSSR count). The Hall–Kier alpha value is 0.0400. The summed E-state index contributed by atoms with van der Waals surface area (Å²) in [5.41, 5.74) is 0. The minimum absolute atomic E-state index is 0.191. The molecule has 0 aromatic carbocycles. The highest BCUT2D eigenvalue weighted by Crippen LogP contribution is 2.25. The van der Waals surface area contributed by atoms with Crippen molar-refractivity contribution in [1.82, 2.24) is 4.90 Å². The molecule has 0 unspecified atom stereocenters. The van der Waals surface area contributed by atoms with Crippen LogP contribution in [-0.4, -0.2) is 36.1 Å². The summed E-state index contributed by atoms with van der Waals surface area (Å²) in [6.07, 6.45) is 0.106. The molecule has 1 aliphatic rings. The zero-order valence-corrected chi connectivity index (χ0v) is 10.2. The van der Waals surface area contributed by atoms with Crippen molar-refractivity contribution in [2.75, 3.05) is 19.0 Å². The van der Waals surface area contributed by atoms with Crippen LogP contribution in [0.25, 0.3) is 0 Å². The van der Waals surface area contributed by atoms with E-state index in [1.165, 1.54) is 12.8 Å². The molecule has 1 nitrogen and oxygen atoms in total. The fourth-order valence-electron chi connectivity index (χ4n) is 2.34. The van der Waals surface area contributed by atoms with E-state index in [2.05, 4.69) is 4.90 Å². The van der Waals surface area contributed by atoms with Gasteiger partial charge in [-0.2, -0.15) is 13.2 Å². The monoisotopic (exact) mass is 257 g/mol. The summed E-state index contributed by atoms with van der Waals surface area (Å²) in [6.45, 7) is 1.24. The molecule has 0 aromatic rings. The average Bonchev–Trinajstić information content (AvgIpc) is 2.67. The molecule has 5 heteroatoms. The fourth-order valence-corrected chi connectivity index (χ4v) is 2.55. The predicted molar refractivity (Wildman–Crippen MR) is 59.8 cm³/mol. The molecule has 0 amide bonds. The summed E-state index contributed by atoms with van der Waals surface area (Å²) >= 11 is 5.68. The normalized spacial score (nSPS) is 18.6. The maximum atomic E-state index is 12.0. The van der Waals surface area contributed by atoms with Crippen LogP contribution in [0, 0.1) is 0 Å². The second-order valence-corrected chi connectivity index (χ2v) is 4.76. The molecule has 0 heterocycles. The largest absolute Gasteiger partial charge is 0.389 e. The summed E-state index contributed by atoms with van der Waals surface area (Å²) < 4.78 is 36.1. The van der Waals surface area contributed by atoms with Gasteiger partial charge in [0.25, 0.3) is 0 Å². The lowest BCUT2D eigenvalue weighted by Gasteiger charge is -2.28. The van der Waals surface area contributed by atoms with E-state index in [0.717, 1.165) is 12.8 Å². The summed E-state index contributed by atoms with van der Waals surface area (Å²) in [4.78, 5) is 2.13. The van der Waals surface area contributed by atoms with Crippen molar-refractivity contribution >= 4 is 11.6 Å². The SMILES string of the molecule is FC(F)(F)CCCN(CCCl)C1CCCC1. The Morgan fingerprint density at radius 1 is 1.12 bits per heavy atom. The third-order valence-corrected chi connectivity index (χ3v) is 3.29. The Balaban J connectivity index is 2.27.